The number of hydrogen-bond donors (Lipinski definition) is 0. The predicted octanol–water partition coefficient (Wildman–Crippen LogP) is 2.17. The summed E-state index contributed by atoms with van der Waals surface area (Å²) in [6, 6.07) is 4.08. The SMILES string of the molecule is CC(C)(C)ON1CCN(C(=O)C2CCN(c3ccncc3)CC2)CC1. The maximum absolute atomic E-state index is 12.8. The van der Waals surface area contributed by atoms with Crippen LogP contribution in [-0.2, 0) is 9.63 Å². The Labute approximate surface area is 150 Å². The lowest BCUT2D eigenvalue weighted by atomic mass is 9.94. The van der Waals surface area contributed by atoms with Gasteiger partial charge in [0.25, 0.3) is 0 Å². The van der Waals surface area contributed by atoms with Crippen molar-refractivity contribution < 1.29 is 9.63 Å². The van der Waals surface area contributed by atoms with Crippen LogP contribution < -0.4 is 4.90 Å². The largest absolute Gasteiger partial charge is 0.371 e. The van der Waals surface area contributed by atoms with Gasteiger partial charge in [-0.15, -0.1) is 0 Å². The van der Waals surface area contributed by atoms with Gasteiger partial charge in [-0.1, -0.05) is 0 Å². The van der Waals surface area contributed by atoms with Crippen LogP contribution in [0.25, 0.3) is 0 Å². The number of anilines is 1. The Bertz CT molecular complexity index is 557. The lowest BCUT2D eigenvalue weighted by Crippen LogP contribution is -2.52. The topological polar surface area (TPSA) is 48.9 Å². The standard InChI is InChI=1S/C19H30N4O2/c1-19(2,3)25-23-14-12-22(13-15-23)18(24)16-6-10-21(11-7-16)17-4-8-20-9-5-17/h4-5,8-9,16H,6-7,10-15H2,1-3H3. The van der Waals surface area contributed by atoms with Gasteiger partial charge in [-0.05, 0) is 45.7 Å². The van der Waals surface area contributed by atoms with Gasteiger partial charge in [0.1, 0.15) is 0 Å². The molecule has 2 fully saturated rings. The van der Waals surface area contributed by atoms with Crippen molar-refractivity contribution in [2.45, 2.75) is 39.2 Å². The van der Waals surface area contributed by atoms with Gasteiger partial charge < -0.3 is 9.80 Å². The lowest BCUT2D eigenvalue weighted by Gasteiger charge is -2.40. The van der Waals surface area contributed by atoms with Gasteiger partial charge in [0, 0.05) is 63.3 Å². The molecule has 0 radical (unpaired) electrons. The minimum Gasteiger partial charge on any atom is -0.371 e. The average Bonchev–Trinajstić information content (AvgIpc) is 2.61. The second-order valence-electron chi connectivity index (χ2n) is 7.92. The molecule has 0 aliphatic carbocycles. The zero-order valence-corrected chi connectivity index (χ0v) is 15.6. The molecular weight excluding hydrogens is 316 g/mol. The molecule has 1 aromatic heterocycles. The first-order valence-electron chi connectivity index (χ1n) is 9.30. The molecule has 3 heterocycles. The van der Waals surface area contributed by atoms with Crippen LogP contribution in [0.15, 0.2) is 24.5 Å². The van der Waals surface area contributed by atoms with Crippen molar-refractivity contribution in [3.05, 3.63) is 24.5 Å². The van der Waals surface area contributed by atoms with Crippen molar-refractivity contribution in [3.63, 3.8) is 0 Å². The van der Waals surface area contributed by atoms with Crippen molar-refractivity contribution in [1.29, 1.82) is 0 Å². The highest BCUT2D eigenvalue weighted by atomic mass is 16.7. The Morgan fingerprint density at radius 2 is 1.64 bits per heavy atom. The molecule has 0 aromatic carbocycles. The number of piperidine rings is 1. The second-order valence-corrected chi connectivity index (χ2v) is 7.92. The highest BCUT2D eigenvalue weighted by Gasteiger charge is 2.31. The molecule has 1 aromatic rings. The fourth-order valence-electron chi connectivity index (χ4n) is 3.58. The molecular formula is C19H30N4O2. The monoisotopic (exact) mass is 346 g/mol. The minimum atomic E-state index is -0.175. The van der Waals surface area contributed by atoms with E-state index < -0.39 is 0 Å². The first kappa shape index (κ1) is 18.1. The van der Waals surface area contributed by atoms with Gasteiger partial charge in [0.15, 0.2) is 0 Å². The van der Waals surface area contributed by atoms with Gasteiger partial charge in [0.2, 0.25) is 5.91 Å². The van der Waals surface area contributed by atoms with Crippen LogP contribution in [0.3, 0.4) is 0 Å². The van der Waals surface area contributed by atoms with E-state index in [1.807, 2.05) is 34.5 Å². The maximum atomic E-state index is 12.8. The summed E-state index contributed by atoms with van der Waals surface area (Å²) in [5.41, 5.74) is 1.03. The van der Waals surface area contributed by atoms with Crippen LogP contribution in [0.4, 0.5) is 5.69 Å². The molecule has 6 nitrogen and oxygen atoms in total. The summed E-state index contributed by atoms with van der Waals surface area (Å²) < 4.78 is 0. The molecule has 0 N–H and O–H groups in total. The molecule has 2 saturated heterocycles. The summed E-state index contributed by atoms with van der Waals surface area (Å²) in [7, 11) is 0. The number of nitrogens with zero attached hydrogens (tertiary/aromatic N) is 4. The van der Waals surface area contributed by atoms with E-state index in [-0.39, 0.29) is 11.5 Å². The first-order chi connectivity index (χ1) is 11.9. The maximum Gasteiger partial charge on any atom is 0.225 e. The van der Waals surface area contributed by atoms with Crippen molar-refractivity contribution in [1.82, 2.24) is 14.9 Å². The van der Waals surface area contributed by atoms with Gasteiger partial charge >= 0.3 is 0 Å². The first-order valence-corrected chi connectivity index (χ1v) is 9.30. The molecule has 6 heteroatoms. The van der Waals surface area contributed by atoms with Crippen molar-refractivity contribution in [2.75, 3.05) is 44.2 Å². The van der Waals surface area contributed by atoms with Gasteiger partial charge in [-0.3, -0.25) is 14.6 Å². The Morgan fingerprint density at radius 1 is 1.04 bits per heavy atom. The zero-order chi connectivity index (χ0) is 17.9. The molecule has 0 spiro atoms. The molecule has 25 heavy (non-hydrogen) atoms. The van der Waals surface area contributed by atoms with Crippen LogP contribution >= 0.6 is 0 Å². The quantitative estimate of drug-likeness (QED) is 0.839. The molecule has 1 amide bonds. The van der Waals surface area contributed by atoms with E-state index in [2.05, 4.69) is 30.7 Å². The lowest BCUT2D eigenvalue weighted by molar-refractivity contribution is -0.239. The third-order valence-corrected chi connectivity index (χ3v) is 4.83. The third-order valence-electron chi connectivity index (χ3n) is 4.83. The molecule has 138 valence electrons. The molecule has 0 unspecified atom stereocenters. The summed E-state index contributed by atoms with van der Waals surface area (Å²) in [5.74, 6) is 0.484. The number of hydrogen-bond acceptors (Lipinski definition) is 5. The van der Waals surface area contributed by atoms with Crippen molar-refractivity contribution >= 4 is 11.6 Å². The van der Waals surface area contributed by atoms with Gasteiger partial charge in [-0.25, -0.2) is 0 Å². The van der Waals surface area contributed by atoms with Crippen molar-refractivity contribution in [3.8, 4) is 0 Å². The third kappa shape index (κ3) is 4.92. The number of carbonyl (C=O) groups excluding carboxylic acids is 1. The van der Waals surface area contributed by atoms with E-state index in [0.29, 0.717) is 5.91 Å². The Morgan fingerprint density at radius 3 is 2.20 bits per heavy atom. The highest BCUT2D eigenvalue weighted by Crippen LogP contribution is 2.24. The molecule has 2 aliphatic rings. The number of rotatable bonds is 3. The van der Waals surface area contributed by atoms with E-state index in [9.17, 15) is 4.79 Å². The van der Waals surface area contributed by atoms with Crippen LogP contribution in [0.2, 0.25) is 0 Å². The summed E-state index contributed by atoms with van der Waals surface area (Å²) in [6.07, 6.45) is 5.51. The number of aromatic nitrogens is 1. The molecule has 0 saturated carbocycles. The van der Waals surface area contributed by atoms with Crippen LogP contribution in [0, 0.1) is 5.92 Å². The Hall–Kier alpha value is -1.66. The minimum absolute atomic E-state index is 0.160. The predicted molar refractivity (Wildman–Crippen MR) is 98.2 cm³/mol. The second kappa shape index (κ2) is 7.70. The van der Waals surface area contributed by atoms with Gasteiger partial charge in [-0.2, -0.15) is 5.06 Å². The highest BCUT2D eigenvalue weighted by molar-refractivity contribution is 5.79. The number of piperazine rings is 1. The average molecular weight is 346 g/mol. The fraction of sp³-hybridized carbons (Fsp3) is 0.684. The van der Waals surface area contributed by atoms with Crippen molar-refractivity contribution in [2.24, 2.45) is 5.92 Å². The number of carbonyl (C=O) groups is 1. The number of amides is 1. The summed E-state index contributed by atoms with van der Waals surface area (Å²) in [4.78, 5) is 27.2. The van der Waals surface area contributed by atoms with E-state index in [1.54, 1.807) is 0 Å². The van der Waals surface area contributed by atoms with Crippen LogP contribution in [-0.4, -0.2) is 65.7 Å². The number of pyridine rings is 1. The summed E-state index contributed by atoms with van der Waals surface area (Å²) in [5, 5.41) is 2.00. The Balaban J connectivity index is 1.46. The van der Waals surface area contributed by atoms with Gasteiger partial charge in [0.05, 0.1) is 5.60 Å². The molecule has 0 bridgehead atoms. The van der Waals surface area contributed by atoms with E-state index in [1.165, 1.54) is 5.69 Å². The smallest absolute Gasteiger partial charge is 0.225 e. The van der Waals surface area contributed by atoms with E-state index in [0.717, 1.165) is 52.1 Å². The summed E-state index contributed by atoms with van der Waals surface area (Å²) >= 11 is 0. The summed E-state index contributed by atoms with van der Waals surface area (Å²) in [6.45, 7) is 11.2. The number of hydroxylamine groups is 2. The molecule has 2 aliphatic heterocycles. The molecule has 3 rings (SSSR count). The normalized spacial score (nSPS) is 20.8. The van der Waals surface area contributed by atoms with Crippen LogP contribution in [0.1, 0.15) is 33.6 Å². The Kier molecular flexibility index (Phi) is 5.59. The van der Waals surface area contributed by atoms with Crippen LogP contribution in [0.5, 0.6) is 0 Å². The van der Waals surface area contributed by atoms with E-state index in [4.69, 9.17) is 4.84 Å². The van der Waals surface area contributed by atoms with E-state index >= 15 is 0 Å². The fourth-order valence-corrected chi connectivity index (χ4v) is 3.58. The molecule has 0 atom stereocenters. The zero-order valence-electron chi connectivity index (χ0n) is 15.6.